The van der Waals surface area contributed by atoms with E-state index in [4.69, 9.17) is 0 Å². The first-order chi connectivity index (χ1) is 9.67. The molecule has 0 fully saturated rings. The van der Waals surface area contributed by atoms with Crippen molar-refractivity contribution in [1.82, 2.24) is 19.6 Å². The van der Waals surface area contributed by atoms with E-state index in [1.54, 1.807) is 12.4 Å². The fourth-order valence-corrected chi connectivity index (χ4v) is 1.85. The lowest BCUT2D eigenvalue weighted by Crippen LogP contribution is -2.03. The first-order valence-corrected chi connectivity index (χ1v) is 6.05. The predicted molar refractivity (Wildman–Crippen MR) is 72.3 cm³/mol. The van der Waals surface area contributed by atoms with Gasteiger partial charge in [0, 0.05) is 18.0 Å². The minimum Gasteiger partial charge on any atom is -0.463 e. The zero-order valence-corrected chi connectivity index (χ0v) is 11.1. The molecule has 100 valence electrons. The van der Waals surface area contributed by atoms with Crippen molar-refractivity contribution < 1.29 is 9.53 Å². The molecule has 0 amide bonds. The number of nitrogens with zero attached hydrogens (tertiary/aromatic N) is 4. The number of benzene rings is 1. The normalized spacial score (nSPS) is 10.7. The third-order valence-electron chi connectivity index (χ3n) is 2.95. The van der Waals surface area contributed by atoms with Crippen molar-refractivity contribution in [2.75, 3.05) is 7.11 Å². The van der Waals surface area contributed by atoms with Crippen LogP contribution in [0.5, 0.6) is 0 Å². The minimum absolute atomic E-state index is 0.000978. The number of aryl methyl sites for hydroxylation is 1. The Morgan fingerprint density at radius 3 is 2.65 bits per heavy atom. The fourth-order valence-electron chi connectivity index (χ4n) is 1.85. The fraction of sp³-hybridized carbons (Fsp3) is 0.143. The molecule has 20 heavy (non-hydrogen) atoms. The maximum atomic E-state index is 11.4. The van der Waals surface area contributed by atoms with Crippen LogP contribution in [0.25, 0.3) is 16.9 Å². The first kappa shape index (κ1) is 12.3. The van der Waals surface area contributed by atoms with Crippen molar-refractivity contribution in [1.29, 1.82) is 0 Å². The van der Waals surface area contributed by atoms with E-state index in [9.17, 15) is 4.79 Å². The highest BCUT2D eigenvalue weighted by Crippen LogP contribution is 2.18. The monoisotopic (exact) mass is 268 g/mol. The van der Waals surface area contributed by atoms with Gasteiger partial charge in [-0.15, -0.1) is 5.10 Å². The Bertz CT molecular complexity index is 777. The van der Waals surface area contributed by atoms with Crippen LogP contribution in [-0.4, -0.2) is 32.7 Å². The number of hydrogen-bond donors (Lipinski definition) is 0. The highest BCUT2D eigenvalue weighted by molar-refractivity contribution is 5.85. The summed E-state index contributed by atoms with van der Waals surface area (Å²) in [5.74, 6) is -0.213. The van der Waals surface area contributed by atoms with Gasteiger partial charge in [0.1, 0.15) is 0 Å². The summed E-state index contributed by atoms with van der Waals surface area (Å²) in [4.78, 5) is 19.6. The molecule has 0 aliphatic heterocycles. The van der Waals surface area contributed by atoms with Gasteiger partial charge in [0.15, 0.2) is 0 Å². The van der Waals surface area contributed by atoms with Crippen LogP contribution in [0.15, 0.2) is 36.7 Å². The van der Waals surface area contributed by atoms with Gasteiger partial charge in [0.05, 0.1) is 7.11 Å². The SMILES string of the molecule is COC(=O)c1nc2ncc(-c3ccc(C)cc3)cn2n1. The van der Waals surface area contributed by atoms with E-state index in [1.165, 1.54) is 17.2 Å². The Morgan fingerprint density at radius 1 is 1.20 bits per heavy atom. The smallest absolute Gasteiger partial charge is 0.378 e. The summed E-state index contributed by atoms with van der Waals surface area (Å²) in [6.07, 6.45) is 3.49. The number of rotatable bonds is 2. The number of esters is 1. The van der Waals surface area contributed by atoms with E-state index < -0.39 is 5.97 Å². The van der Waals surface area contributed by atoms with Crippen LogP contribution in [0.4, 0.5) is 0 Å². The summed E-state index contributed by atoms with van der Waals surface area (Å²) in [5, 5.41) is 4.06. The van der Waals surface area contributed by atoms with Crippen molar-refractivity contribution in [3.8, 4) is 11.1 Å². The van der Waals surface area contributed by atoms with Crippen LogP contribution in [-0.2, 0) is 4.74 Å². The summed E-state index contributed by atoms with van der Waals surface area (Å²) in [7, 11) is 1.29. The zero-order chi connectivity index (χ0) is 14.1. The molecule has 0 aliphatic carbocycles. The summed E-state index contributed by atoms with van der Waals surface area (Å²) in [6, 6.07) is 8.08. The molecule has 0 atom stereocenters. The Labute approximate surface area is 115 Å². The Balaban J connectivity index is 2.06. The molecule has 0 spiro atoms. The number of hydrogen-bond acceptors (Lipinski definition) is 5. The van der Waals surface area contributed by atoms with E-state index in [0.717, 1.165) is 11.1 Å². The molecular formula is C14H12N4O2. The van der Waals surface area contributed by atoms with Crippen molar-refractivity contribution in [2.24, 2.45) is 0 Å². The number of methoxy groups -OCH3 is 1. The highest BCUT2D eigenvalue weighted by atomic mass is 16.5. The standard InChI is InChI=1S/C14H12N4O2/c1-9-3-5-10(6-4-9)11-7-15-14-16-12(13(19)20-2)17-18(14)8-11/h3-8H,1-2H3. The van der Waals surface area contributed by atoms with Crippen molar-refractivity contribution in [2.45, 2.75) is 6.92 Å². The number of aromatic nitrogens is 4. The molecule has 3 rings (SSSR count). The van der Waals surface area contributed by atoms with Gasteiger partial charge in [-0.3, -0.25) is 0 Å². The number of carbonyl (C=O) groups excluding carboxylic acids is 1. The second-order valence-electron chi connectivity index (χ2n) is 4.38. The molecule has 0 unspecified atom stereocenters. The number of ether oxygens (including phenoxy) is 1. The number of fused-ring (bicyclic) bond motifs is 1. The lowest BCUT2D eigenvalue weighted by molar-refractivity contribution is 0.0587. The van der Waals surface area contributed by atoms with Crippen LogP contribution >= 0.6 is 0 Å². The molecule has 6 nitrogen and oxygen atoms in total. The third-order valence-corrected chi connectivity index (χ3v) is 2.95. The zero-order valence-electron chi connectivity index (χ0n) is 11.1. The lowest BCUT2D eigenvalue weighted by atomic mass is 10.1. The topological polar surface area (TPSA) is 69.4 Å². The van der Waals surface area contributed by atoms with Crippen molar-refractivity contribution in [3.63, 3.8) is 0 Å². The molecule has 2 heterocycles. The second kappa shape index (κ2) is 4.73. The van der Waals surface area contributed by atoms with Gasteiger partial charge in [0.2, 0.25) is 0 Å². The van der Waals surface area contributed by atoms with E-state index in [1.807, 2.05) is 31.2 Å². The highest BCUT2D eigenvalue weighted by Gasteiger charge is 2.13. The molecule has 1 aromatic carbocycles. The third kappa shape index (κ3) is 2.11. The lowest BCUT2D eigenvalue weighted by Gasteiger charge is -2.01. The second-order valence-corrected chi connectivity index (χ2v) is 4.38. The van der Waals surface area contributed by atoms with Gasteiger partial charge < -0.3 is 4.74 Å². The van der Waals surface area contributed by atoms with Crippen molar-refractivity contribution >= 4 is 11.7 Å². The average Bonchev–Trinajstić information content (AvgIpc) is 2.90. The molecular weight excluding hydrogens is 256 g/mol. The van der Waals surface area contributed by atoms with E-state index >= 15 is 0 Å². The summed E-state index contributed by atoms with van der Waals surface area (Å²) >= 11 is 0. The van der Waals surface area contributed by atoms with Crippen LogP contribution < -0.4 is 0 Å². The minimum atomic E-state index is -0.576. The summed E-state index contributed by atoms with van der Waals surface area (Å²) < 4.78 is 6.06. The van der Waals surface area contributed by atoms with Gasteiger partial charge in [-0.2, -0.15) is 4.98 Å². The van der Waals surface area contributed by atoms with Crippen molar-refractivity contribution in [3.05, 3.63) is 48.0 Å². The van der Waals surface area contributed by atoms with Crippen LogP contribution in [0, 0.1) is 6.92 Å². The molecule has 0 saturated heterocycles. The van der Waals surface area contributed by atoms with E-state index in [0.29, 0.717) is 5.78 Å². The quantitative estimate of drug-likeness (QED) is 0.664. The number of carbonyl (C=O) groups is 1. The average molecular weight is 268 g/mol. The summed E-state index contributed by atoms with van der Waals surface area (Å²) in [5.41, 5.74) is 3.12. The van der Waals surface area contributed by atoms with Crippen LogP contribution in [0.2, 0.25) is 0 Å². The van der Waals surface area contributed by atoms with Gasteiger partial charge in [0.25, 0.3) is 11.6 Å². The molecule has 0 radical (unpaired) electrons. The maximum Gasteiger partial charge on any atom is 0.378 e. The van der Waals surface area contributed by atoms with Gasteiger partial charge in [-0.25, -0.2) is 14.3 Å². The molecule has 2 aromatic heterocycles. The molecule has 0 aliphatic rings. The predicted octanol–water partition coefficient (Wildman–Crippen LogP) is 1.89. The van der Waals surface area contributed by atoms with Gasteiger partial charge >= 0.3 is 5.97 Å². The molecule has 3 aromatic rings. The Hall–Kier alpha value is -2.76. The van der Waals surface area contributed by atoms with E-state index in [2.05, 4.69) is 19.8 Å². The van der Waals surface area contributed by atoms with Gasteiger partial charge in [-0.1, -0.05) is 29.8 Å². The van der Waals surface area contributed by atoms with Gasteiger partial charge in [-0.05, 0) is 12.5 Å². The van der Waals surface area contributed by atoms with Crippen LogP contribution in [0.1, 0.15) is 16.2 Å². The maximum absolute atomic E-state index is 11.4. The van der Waals surface area contributed by atoms with E-state index in [-0.39, 0.29) is 5.82 Å². The molecule has 0 N–H and O–H groups in total. The Kier molecular flexibility index (Phi) is 2.90. The van der Waals surface area contributed by atoms with Crippen LogP contribution in [0.3, 0.4) is 0 Å². The molecule has 0 saturated carbocycles. The first-order valence-electron chi connectivity index (χ1n) is 6.05. The largest absolute Gasteiger partial charge is 0.463 e. The molecule has 6 heteroatoms. The molecule has 0 bridgehead atoms. The Morgan fingerprint density at radius 2 is 1.95 bits per heavy atom. The summed E-state index contributed by atoms with van der Waals surface area (Å²) in [6.45, 7) is 2.03.